The van der Waals surface area contributed by atoms with Crippen molar-refractivity contribution in [3.8, 4) is 0 Å². The lowest BCUT2D eigenvalue weighted by Gasteiger charge is -2.16. The zero-order valence-corrected chi connectivity index (χ0v) is 11.9. The van der Waals surface area contributed by atoms with E-state index in [9.17, 15) is 9.59 Å². The highest BCUT2D eigenvalue weighted by Crippen LogP contribution is 2.17. The molecule has 0 radical (unpaired) electrons. The molecule has 0 aliphatic heterocycles. The Morgan fingerprint density at radius 1 is 1.33 bits per heavy atom. The van der Waals surface area contributed by atoms with Crippen LogP contribution in [0.15, 0.2) is 9.59 Å². The number of H-pyrrole nitrogens is 1. The second kappa shape index (κ2) is 6.20. The first kappa shape index (κ1) is 15.0. The number of nitrogens with zero attached hydrogens (tertiary/aromatic N) is 1. The molecule has 0 aliphatic carbocycles. The summed E-state index contributed by atoms with van der Waals surface area (Å²) in [5.41, 5.74) is -0.410. The number of rotatable bonds is 5. The maximum atomic E-state index is 12.3. The van der Waals surface area contributed by atoms with Gasteiger partial charge in [0, 0.05) is 6.61 Å². The molecule has 0 amide bonds. The van der Waals surface area contributed by atoms with Crippen molar-refractivity contribution in [1.29, 1.82) is 0 Å². The molecular formula is C12H19ClN2O3. The maximum absolute atomic E-state index is 12.3. The number of nitrogens with one attached hydrogen (secondary N) is 1. The lowest BCUT2D eigenvalue weighted by Crippen LogP contribution is -2.40. The fourth-order valence-corrected chi connectivity index (χ4v) is 2.18. The molecule has 0 aliphatic rings. The van der Waals surface area contributed by atoms with E-state index in [4.69, 9.17) is 16.3 Å². The second-order valence-electron chi connectivity index (χ2n) is 4.50. The van der Waals surface area contributed by atoms with Crippen molar-refractivity contribution in [2.45, 2.75) is 39.7 Å². The van der Waals surface area contributed by atoms with Crippen LogP contribution in [0.5, 0.6) is 0 Å². The lowest BCUT2D eigenvalue weighted by atomic mass is 10.1. The van der Waals surface area contributed by atoms with Gasteiger partial charge in [-0.25, -0.2) is 4.79 Å². The highest BCUT2D eigenvalue weighted by Gasteiger charge is 2.18. The fraction of sp³-hybridized carbons (Fsp3) is 0.667. The molecule has 1 rings (SSSR count). The minimum atomic E-state index is -0.499. The van der Waals surface area contributed by atoms with Crippen LogP contribution in [-0.4, -0.2) is 22.8 Å². The lowest BCUT2D eigenvalue weighted by molar-refractivity contribution is 0.116. The smallest absolute Gasteiger partial charge is 0.329 e. The van der Waals surface area contributed by atoms with Gasteiger partial charge < -0.3 is 4.74 Å². The molecule has 1 N–H and O–H groups in total. The summed E-state index contributed by atoms with van der Waals surface area (Å²) in [5.74, 6) is -0.0487. The van der Waals surface area contributed by atoms with E-state index in [1.165, 1.54) is 0 Å². The maximum Gasteiger partial charge on any atom is 0.329 e. The number of hydrogen-bond acceptors (Lipinski definition) is 3. The van der Waals surface area contributed by atoms with Gasteiger partial charge in [0.15, 0.2) is 0 Å². The van der Waals surface area contributed by atoms with Gasteiger partial charge in [0.2, 0.25) is 0 Å². The van der Waals surface area contributed by atoms with Crippen molar-refractivity contribution in [1.82, 2.24) is 9.55 Å². The van der Waals surface area contributed by atoms with Crippen molar-refractivity contribution < 1.29 is 4.74 Å². The van der Waals surface area contributed by atoms with Gasteiger partial charge in [0.25, 0.3) is 5.56 Å². The summed E-state index contributed by atoms with van der Waals surface area (Å²) in [5, 5.41) is 0.125. The van der Waals surface area contributed by atoms with E-state index in [2.05, 4.69) is 4.98 Å². The Hall–Kier alpha value is -1.07. The van der Waals surface area contributed by atoms with Crippen LogP contribution in [0.25, 0.3) is 0 Å². The largest absolute Gasteiger partial charge is 0.380 e. The van der Waals surface area contributed by atoms with E-state index in [0.717, 1.165) is 4.57 Å². The molecule has 102 valence electrons. The van der Waals surface area contributed by atoms with Gasteiger partial charge in [0.1, 0.15) is 5.15 Å². The molecule has 1 aromatic rings. The number of aromatic amines is 1. The minimum absolute atomic E-state index is 0.0487. The first-order valence-electron chi connectivity index (χ1n) is 6.02. The molecule has 1 unspecified atom stereocenters. The Balaban J connectivity index is 3.32. The number of hydrogen-bond donors (Lipinski definition) is 1. The predicted molar refractivity (Wildman–Crippen MR) is 71.6 cm³/mol. The summed E-state index contributed by atoms with van der Waals surface area (Å²) in [4.78, 5) is 26.6. The fourth-order valence-electron chi connectivity index (χ4n) is 1.80. The van der Waals surface area contributed by atoms with Crippen LogP contribution in [0.3, 0.4) is 0 Å². The summed E-state index contributed by atoms with van der Waals surface area (Å²) in [6, 6.07) is -0.323. The Morgan fingerprint density at radius 2 is 1.94 bits per heavy atom. The molecule has 0 saturated carbocycles. The third-order valence-electron chi connectivity index (χ3n) is 2.70. The summed E-state index contributed by atoms with van der Waals surface area (Å²) >= 11 is 5.91. The van der Waals surface area contributed by atoms with E-state index in [0.29, 0.717) is 18.8 Å². The highest BCUT2D eigenvalue weighted by atomic mass is 35.5. The summed E-state index contributed by atoms with van der Waals surface area (Å²) in [6.45, 7) is 8.21. The van der Waals surface area contributed by atoms with Crippen LogP contribution in [0, 0.1) is 0 Å². The van der Waals surface area contributed by atoms with Crippen molar-refractivity contribution in [3.05, 3.63) is 31.6 Å². The van der Waals surface area contributed by atoms with Crippen molar-refractivity contribution in [2.75, 3.05) is 13.2 Å². The highest BCUT2D eigenvalue weighted by molar-refractivity contribution is 6.30. The van der Waals surface area contributed by atoms with Crippen LogP contribution in [0.2, 0.25) is 5.15 Å². The number of aromatic nitrogens is 2. The number of halogens is 1. The van der Waals surface area contributed by atoms with Gasteiger partial charge in [-0.05, 0) is 19.8 Å². The minimum Gasteiger partial charge on any atom is -0.380 e. The Kier molecular flexibility index (Phi) is 5.16. The van der Waals surface area contributed by atoms with E-state index < -0.39 is 5.69 Å². The standard InChI is InChI=1S/C12H19ClN2O3/c1-5-18-6-8(4)15-11(16)9(7(2)3)10(13)14-12(15)17/h7-8H,5-6H2,1-4H3,(H,14,17). The van der Waals surface area contributed by atoms with Crippen molar-refractivity contribution in [3.63, 3.8) is 0 Å². The number of ether oxygens (including phenoxy) is 1. The molecule has 6 heteroatoms. The molecule has 18 heavy (non-hydrogen) atoms. The Morgan fingerprint density at radius 3 is 2.44 bits per heavy atom. The zero-order chi connectivity index (χ0) is 13.9. The van der Waals surface area contributed by atoms with E-state index >= 15 is 0 Å². The molecule has 1 aromatic heterocycles. The second-order valence-corrected chi connectivity index (χ2v) is 4.87. The normalized spacial score (nSPS) is 13.0. The first-order valence-corrected chi connectivity index (χ1v) is 6.39. The van der Waals surface area contributed by atoms with Gasteiger partial charge >= 0.3 is 5.69 Å². The summed E-state index contributed by atoms with van der Waals surface area (Å²) in [7, 11) is 0. The van der Waals surface area contributed by atoms with Crippen molar-refractivity contribution in [2.24, 2.45) is 0 Å². The van der Waals surface area contributed by atoms with Gasteiger partial charge in [-0.1, -0.05) is 25.4 Å². The molecule has 0 aromatic carbocycles. The van der Waals surface area contributed by atoms with E-state index in [1.54, 1.807) is 6.92 Å². The predicted octanol–water partition coefficient (Wildman–Crippen LogP) is 1.91. The molecule has 0 spiro atoms. The van der Waals surface area contributed by atoms with Crippen molar-refractivity contribution >= 4 is 11.6 Å². The monoisotopic (exact) mass is 274 g/mol. The van der Waals surface area contributed by atoms with Gasteiger partial charge in [-0.2, -0.15) is 0 Å². The quantitative estimate of drug-likeness (QED) is 0.834. The molecule has 0 saturated heterocycles. The zero-order valence-electron chi connectivity index (χ0n) is 11.1. The van der Waals surface area contributed by atoms with Gasteiger partial charge in [0.05, 0.1) is 18.2 Å². The molecule has 1 atom stereocenters. The van der Waals surface area contributed by atoms with E-state index in [1.807, 2.05) is 20.8 Å². The Labute approximate surface area is 111 Å². The molecule has 1 heterocycles. The van der Waals surface area contributed by atoms with Crippen LogP contribution in [-0.2, 0) is 4.74 Å². The van der Waals surface area contributed by atoms with Crippen LogP contribution >= 0.6 is 11.6 Å². The molecule has 5 nitrogen and oxygen atoms in total. The molecule has 0 fully saturated rings. The van der Waals surface area contributed by atoms with E-state index in [-0.39, 0.29) is 22.7 Å². The average Bonchev–Trinajstić information content (AvgIpc) is 2.24. The first-order chi connectivity index (χ1) is 8.40. The summed E-state index contributed by atoms with van der Waals surface area (Å²) in [6.07, 6.45) is 0. The Bertz CT molecular complexity index is 519. The molecular weight excluding hydrogens is 256 g/mol. The van der Waals surface area contributed by atoms with Gasteiger partial charge in [-0.15, -0.1) is 0 Å². The summed E-state index contributed by atoms with van der Waals surface area (Å²) < 4.78 is 6.41. The van der Waals surface area contributed by atoms with Crippen LogP contribution in [0.4, 0.5) is 0 Å². The molecule has 0 bridgehead atoms. The average molecular weight is 275 g/mol. The topological polar surface area (TPSA) is 64.1 Å². The third-order valence-corrected chi connectivity index (χ3v) is 3.00. The SMILES string of the molecule is CCOCC(C)n1c(=O)[nH]c(Cl)c(C(C)C)c1=O. The van der Waals surface area contributed by atoms with Crippen LogP contribution < -0.4 is 11.2 Å². The van der Waals surface area contributed by atoms with Crippen LogP contribution in [0.1, 0.15) is 45.2 Å². The van der Waals surface area contributed by atoms with Gasteiger partial charge in [-0.3, -0.25) is 14.3 Å². The third kappa shape index (κ3) is 3.03.